The minimum atomic E-state index is 1.24. The zero-order valence-electron chi connectivity index (χ0n) is 8.55. The minimum absolute atomic E-state index is 1.24. The molecule has 0 nitrogen and oxygen atoms in total. The molecule has 0 aliphatic rings. The van der Waals surface area contributed by atoms with E-state index in [1.165, 1.54) is 38.5 Å². The fraction of sp³-hybridized carbons (Fsp3) is 0.667. The van der Waals surface area contributed by atoms with Gasteiger partial charge >= 0.3 is 0 Å². The van der Waals surface area contributed by atoms with Crippen LogP contribution in [-0.4, -0.2) is 0 Å². The summed E-state index contributed by atoms with van der Waals surface area (Å²) in [5.74, 6) is 0. The van der Waals surface area contributed by atoms with E-state index in [1.807, 2.05) is 6.92 Å². The lowest BCUT2D eigenvalue weighted by molar-refractivity contribution is 0.637. The maximum Gasteiger partial charge on any atom is -0.0348 e. The van der Waals surface area contributed by atoms with Gasteiger partial charge in [-0.2, -0.15) is 0 Å². The molecular formula is C12H22. The molecule has 0 fully saturated rings. The van der Waals surface area contributed by atoms with E-state index >= 15 is 0 Å². The van der Waals surface area contributed by atoms with E-state index in [1.54, 1.807) is 0 Å². The second-order valence-electron chi connectivity index (χ2n) is 3.16. The predicted molar refractivity (Wildman–Crippen MR) is 57.3 cm³/mol. The van der Waals surface area contributed by atoms with Crippen molar-refractivity contribution in [2.75, 3.05) is 0 Å². The van der Waals surface area contributed by atoms with Crippen LogP contribution in [0.15, 0.2) is 24.3 Å². The molecule has 0 rings (SSSR count). The van der Waals surface area contributed by atoms with E-state index in [9.17, 15) is 0 Å². The van der Waals surface area contributed by atoms with Gasteiger partial charge in [0.05, 0.1) is 0 Å². The lowest BCUT2D eigenvalue weighted by Gasteiger charge is -1.95. The third kappa shape index (κ3) is 9.48. The predicted octanol–water partition coefficient (Wildman–Crippen LogP) is 4.48. The van der Waals surface area contributed by atoms with Crippen molar-refractivity contribution in [1.29, 1.82) is 0 Å². The molecule has 0 spiro atoms. The quantitative estimate of drug-likeness (QED) is 0.386. The first-order valence-corrected chi connectivity index (χ1v) is 5.19. The topological polar surface area (TPSA) is 0 Å². The molecule has 0 bridgehead atoms. The second-order valence-corrected chi connectivity index (χ2v) is 3.16. The van der Waals surface area contributed by atoms with Gasteiger partial charge < -0.3 is 0 Å². The van der Waals surface area contributed by atoms with E-state index in [2.05, 4.69) is 31.2 Å². The van der Waals surface area contributed by atoms with Crippen LogP contribution in [0.3, 0.4) is 0 Å². The van der Waals surface area contributed by atoms with E-state index in [0.717, 1.165) is 0 Å². The molecule has 0 aromatic rings. The number of allylic oxidation sites excluding steroid dienone is 4. The molecule has 0 aromatic heterocycles. The van der Waals surface area contributed by atoms with E-state index in [4.69, 9.17) is 0 Å². The van der Waals surface area contributed by atoms with Crippen LogP contribution in [0.5, 0.6) is 0 Å². The average molecular weight is 166 g/mol. The molecule has 0 N–H and O–H groups in total. The van der Waals surface area contributed by atoms with Crippen molar-refractivity contribution in [3.8, 4) is 0 Å². The molecule has 0 heterocycles. The Kier molecular flexibility index (Phi) is 10.0. The molecular weight excluding hydrogens is 144 g/mol. The van der Waals surface area contributed by atoms with Crippen LogP contribution >= 0.6 is 0 Å². The maximum absolute atomic E-state index is 2.26. The highest BCUT2D eigenvalue weighted by Crippen LogP contribution is 2.05. The zero-order valence-corrected chi connectivity index (χ0v) is 8.55. The van der Waals surface area contributed by atoms with Gasteiger partial charge in [0.2, 0.25) is 0 Å². The molecule has 0 aromatic carbocycles. The average Bonchev–Trinajstić information content (AvgIpc) is 2.10. The van der Waals surface area contributed by atoms with E-state index in [0.29, 0.717) is 0 Å². The van der Waals surface area contributed by atoms with Crippen LogP contribution in [0.4, 0.5) is 0 Å². The minimum Gasteiger partial charge on any atom is -0.0877 e. The van der Waals surface area contributed by atoms with Crippen molar-refractivity contribution in [2.45, 2.75) is 52.4 Å². The Bertz CT molecular complexity index is 120. The monoisotopic (exact) mass is 166 g/mol. The van der Waals surface area contributed by atoms with Crippen LogP contribution in [0, 0.1) is 0 Å². The lowest BCUT2D eigenvalue weighted by atomic mass is 10.1. The van der Waals surface area contributed by atoms with Crippen LogP contribution < -0.4 is 0 Å². The molecule has 0 saturated heterocycles. The van der Waals surface area contributed by atoms with Crippen molar-refractivity contribution >= 4 is 0 Å². The Morgan fingerprint density at radius 1 is 0.917 bits per heavy atom. The third-order valence-electron chi connectivity index (χ3n) is 1.91. The van der Waals surface area contributed by atoms with Gasteiger partial charge in [-0.1, -0.05) is 56.9 Å². The molecule has 0 unspecified atom stereocenters. The van der Waals surface area contributed by atoms with Crippen LogP contribution in [0.1, 0.15) is 52.4 Å². The van der Waals surface area contributed by atoms with Crippen LogP contribution in [-0.2, 0) is 0 Å². The standard InChI is InChI=1S/C12H22/c1-3-5-7-9-11-12-10-8-6-4-2/h3,5,7,9H,4,6,8,10-12H2,1-2H3. The van der Waals surface area contributed by atoms with Crippen molar-refractivity contribution in [1.82, 2.24) is 0 Å². The summed E-state index contributed by atoms with van der Waals surface area (Å²) in [5.41, 5.74) is 0. The summed E-state index contributed by atoms with van der Waals surface area (Å²) in [6.07, 6.45) is 16.7. The molecule has 0 atom stereocenters. The van der Waals surface area contributed by atoms with Gasteiger partial charge in [0, 0.05) is 0 Å². The molecule has 70 valence electrons. The van der Waals surface area contributed by atoms with Crippen molar-refractivity contribution in [3.05, 3.63) is 24.3 Å². The summed E-state index contributed by atoms with van der Waals surface area (Å²) in [6, 6.07) is 0. The second kappa shape index (κ2) is 10.5. The van der Waals surface area contributed by atoms with Gasteiger partial charge in [-0.25, -0.2) is 0 Å². The SMILES string of the molecule is CC=CC=CCCCCCCC. The summed E-state index contributed by atoms with van der Waals surface area (Å²) >= 11 is 0. The molecule has 0 aliphatic heterocycles. The Morgan fingerprint density at radius 3 is 2.33 bits per heavy atom. The number of hydrogen-bond acceptors (Lipinski definition) is 0. The molecule has 0 heteroatoms. The Balaban J connectivity index is 3.00. The molecule has 0 radical (unpaired) electrons. The van der Waals surface area contributed by atoms with Crippen LogP contribution in [0.25, 0.3) is 0 Å². The Hall–Kier alpha value is -0.520. The van der Waals surface area contributed by atoms with Crippen molar-refractivity contribution in [3.63, 3.8) is 0 Å². The fourth-order valence-corrected chi connectivity index (χ4v) is 1.15. The van der Waals surface area contributed by atoms with Gasteiger partial charge in [0.25, 0.3) is 0 Å². The third-order valence-corrected chi connectivity index (χ3v) is 1.91. The first-order chi connectivity index (χ1) is 5.91. The molecule has 0 aliphatic carbocycles. The molecule has 0 saturated carbocycles. The summed E-state index contributed by atoms with van der Waals surface area (Å²) < 4.78 is 0. The van der Waals surface area contributed by atoms with E-state index in [-0.39, 0.29) is 0 Å². The fourth-order valence-electron chi connectivity index (χ4n) is 1.15. The van der Waals surface area contributed by atoms with Gasteiger partial charge in [0.1, 0.15) is 0 Å². The van der Waals surface area contributed by atoms with Crippen LogP contribution in [0.2, 0.25) is 0 Å². The Morgan fingerprint density at radius 2 is 1.67 bits per heavy atom. The van der Waals surface area contributed by atoms with Crippen molar-refractivity contribution in [2.24, 2.45) is 0 Å². The number of rotatable bonds is 7. The highest BCUT2D eigenvalue weighted by atomic mass is 13.9. The first-order valence-electron chi connectivity index (χ1n) is 5.19. The summed E-state index contributed by atoms with van der Waals surface area (Å²) in [6.45, 7) is 4.30. The van der Waals surface area contributed by atoms with Gasteiger partial charge in [-0.05, 0) is 19.8 Å². The van der Waals surface area contributed by atoms with Crippen molar-refractivity contribution < 1.29 is 0 Å². The van der Waals surface area contributed by atoms with Gasteiger partial charge in [0.15, 0.2) is 0 Å². The number of hydrogen-bond donors (Lipinski definition) is 0. The van der Waals surface area contributed by atoms with Gasteiger partial charge in [-0.3, -0.25) is 0 Å². The normalized spacial score (nSPS) is 11.8. The largest absolute Gasteiger partial charge is 0.0877 e. The molecule has 0 amide bonds. The summed E-state index contributed by atoms with van der Waals surface area (Å²) in [7, 11) is 0. The molecule has 12 heavy (non-hydrogen) atoms. The summed E-state index contributed by atoms with van der Waals surface area (Å²) in [5, 5.41) is 0. The lowest BCUT2D eigenvalue weighted by Crippen LogP contribution is -1.75. The van der Waals surface area contributed by atoms with E-state index < -0.39 is 0 Å². The highest BCUT2D eigenvalue weighted by molar-refractivity contribution is 5.00. The van der Waals surface area contributed by atoms with Gasteiger partial charge in [-0.15, -0.1) is 0 Å². The summed E-state index contributed by atoms with van der Waals surface area (Å²) in [4.78, 5) is 0. The first kappa shape index (κ1) is 11.5. The highest BCUT2D eigenvalue weighted by Gasteiger charge is 1.85. The number of unbranched alkanes of at least 4 members (excludes halogenated alkanes) is 5. The zero-order chi connectivity index (χ0) is 9.07. The smallest absolute Gasteiger partial charge is 0.0348 e. The maximum atomic E-state index is 2.26. The Labute approximate surface area is 77.4 Å².